The molecule has 0 amide bonds. The van der Waals surface area contributed by atoms with E-state index in [1.165, 1.54) is 3.97 Å². The summed E-state index contributed by atoms with van der Waals surface area (Å²) in [4.78, 5) is 4.88. The smallest absolute Gasteiger partial charge is 0.237 e. The van der Waals surface area contributed by atoms with E-state index in [1.807, 2.05) is 12.1 Å². The number of fused-ring (bicyclic) bond motifs is 1. The number of pyridine rings is 1. The van der Waals surface area contributed by atoms with Crippen LogP contribution in [0.5, 0.6) is 0 Å². The standard InChI is InChI=1S/C29H30N2O4S2/c1-21(2)36(32,33)25-16-14-23(15-17-25)27(19-22-9-6-7-10-22)28-20-24-11-8-18-30-29(24)31(28)37(34,35)26-12-4-3-5-13-26/h3-5,8,11-22H,6-7,9-10H2,1-2H3/b27-19+. The first-order valence-corrected chi connectivity index (χ1v) is 15.5. The number of aromatic nitrogens is 2. The Kier molecular flexibility index (Phi) is 6.81. The average molecular weight is 535 g/mol. The van der Waals surface area contributed by atoms with Crippen molar-refractivity contribution in [1.82, 2.24) is 8.96 Å². The minimum atomic E-state index is -3.96. The molecular weight excluding hydrogens is 504 g/mol. The van der Waals surface area contributed by atoms with Crippen LogP contribution in [-0.2, 0) is 19.9 Å². The van der Waals surface area contributed by atoms with E-state index >= 15 is 0 Å². The SMILES string of the molecule is CC(C)S(=O)(=O)c1ccc(/C(=C\C2CCCC2)c2cc3cccnc3n2S(=O)(=O)c2ccccc2)cc1. The van der Waals surface area contributed by atoms with Gasteiger partial charge in [0.1, 0.15) is 0 Å². The topological polar surface area (TPSA) is 86.1 Å². The average Bonchev–Trinajstić information content (AvgIpc) is 3.56. The quantitative estimate of drug-likeness (QED) is 0.287. The molecule has 2 heterocycles. The third-order valence-electron chi connectivity index (χ3n) is 6.99. The summed E-state index contributed by atoms with van der Waals surface area (Å²) in [6, 6.07) is 20.6. The summed E-state index contributed by atoms with van der Waals surface area (Å²) in [6.45, 7) is 3.32. The molecule has 0 radical (unpaired) electrons. The first-order valence-electron chi connectivity index (χ1n) is 12.5. The van der Waals surface area contributed by atoms with Crippen LogP contribution in [0.2, 0.25) is 0 Å². The van der Waals surface area contributed by atoms with Gasteiger partial charge in [0.2, 0.25) is 0 Å². The van der Waals surface area contributed by atoms with Crippen molar-refractivity contribution in [2.75, 3.05) is 0 Å². The van der Waals surface area contributed by atoms with Crippen molar-refractivity contribution in [3.8, 4) is 0 Å². The Bertz CT molecular complexity index is 1660. The number of allylic oxidation sites excluding steroid dienone is 1. The van der Waals surface area contributed by atoms with E-state index in [1.54, 1.807) is 80.7 Å². The highest BCUT2D eigenvalue weighted by atomic mass is 32.2. The van der Waals surface area contributed by atoms with Gasteiger partial charge in [-0.2, -0.15) is 0 Å². The summed E-state index contributed by atoms with van der Waals surface area (Å²) in [5.41, 5.74) is 2.40. The zero-order valence-electron chi connectivity index (χ0n) is 20.9. The lowest BCUT2D eigenvalue weighted by Gasteiger charge is -2.16. The van der Waals surface area contributed by atoms with E-state index in [9.17, 15) is 16.8 Å². The fraction of sp³-hybridized carbons (Fsp3) is 0.276. The third kappa shape index (κ3) is 4.76. The molecule has 2 aromatic heterocycles. The molecule has 1 aliphatic rings. The molecule has 4 aromatic rings. The van der Waals surface area contributed by atoms with Gasteiger partial charge in [0.05, 0.1) is 20.7 Å². The van der Waals surface area contributed by atoms with Gasteiger partial charge in [0, 0.05) is 17.2 Å². The molecule has 0 unspecified atom stereocenters. The summed E-state index contributed by atoms with van der Waals surface area (Å²) in [6.07, 6.45) is 8.08. The molecule has 0 aliphatic heterocycles. The van der Waals surface area contributed by atoms with Gasteiger partial charge in [-0.3, -0.25) is 0 Å². The predicted molar refractivity (Wildman–Crippen MR) is 147 cm³/mol. The van der Waals surface area contributed by atoms with E-state index in [4.69, 9.17) is 0 Å². The summed E-state index contributed by atoms with van der Waals surface area (Å²) >= 11 is 0. The van der Waals surface area contributed by atoms with Crippen LogP contribution < -0.4 is 0 Å². The van der Waals surface area contributed by atoms with Gasteiger partial charge in [-0.05, 0) is 80.6 Å². The summed E-state index contributed by atoms with van der Waals surface area (Å²) < 4.78 is 54.7. The molecule has 2 aromatic carbocycles. The summed E-state index contributed by atoms with van der Waals surface area (Å²) in [7, 11) is -7.39. The lowest BCUT2D eigenvalue weighted by atomic mass is 9.96. The van der Waals surface area contributed by atoms with Gasteiger partial charge < -0.3 is 0 Å². The van der Waals surface area contributed by atoms with Crippen molar-refractivity contribution >= 4 is 36.5 Å². The second kappa shape index (κ2) is 9.91. The Morgan fingerprint density at radius 2 is 1.57 bits per heavy atom. The molecule has 192 valence electrons. The fourth-order valence-electron chi connectivity index (χ4n) is 4.93. The molecule has 37 heavy (non-hydrogen) atoms. The molecule has 0 atom stereocenters. The van der Waals surface area contributed by atoms with Crippen molar-refractivity contribution < 1.29 is 16.8 Å². The van der Waals surface area contributed by atoms with Crippen molar-refractivity contribution in [2.24, 2.45) is 5.92 Å². The summed E-state index contributed by atoms with van der Waals surface area (Å²) in [5.74, 6) is 0.313. The van der Waals surface area contributed by atoms with Gasteiger partial charge >= 0.3 is 0 Å². The molecule has 6 nitrogen and oxygen atoms in total. The molecular formula is C29H30N2O4S2. The first kappa shape index (κ1) is 25.4. The fourth-order valence-corrected chi connectivity index (χ4v) is 7.49. The Morgan fingerprint density at radius 3 is 2.22 bits per heavy atom. The number of rotatable bonds is 7. The number of nitrogens with zero attached hydrogens (tertiary/aromatic N) is 2. The van der Waals surface area contributed by atoms with Gasteiger partial charge in [-0.25, -0.2) is 25.8 Å². The Labute approximate surface area is 218 Å². The number of sulfone groups is 1. The van der Waals surface area contributed by atoms with Crippen molar-refractivity contribution in [1.29, 1.82) is 0 Å². The maximum atomic E-state index is 14.0. The van der Waals surface area contributed by atoms with Crippen LogP contribution in [0.25, 0.3) is 16.6 Å². The maximum absolute atomic E-state index is 14.0. The molecule has 0 spiro atoms. The van der Waals surface area contributed by atoms with Crippen LogP contribution in [0.1, 0.15) is 50.8 Å². The summed E-state index contributed by atoms with van der Waals surface area (Å²) in [5, 5.41) is 0.185. The van der Waals surface area contributed by atoms with Crippen LogP contribution in [0.4, 0.5) is 0 Å². The van der Waals surface area contributed by atoms with E-state index in [2.05, 4.69) is 11.1 Å². The lowest BCUT2D eigenvalue weighted by molar-refractivity contribution is 0.586. The first-order chi connectivity index (χ1) is 17.7. The molecule has 1 saturated carbocycles. The van der Waals surface area contributed by atoms with Crippen LogP contribution in [0, 0.1) is 5.92 Å². The monoisotopic (exact) mass is 534 g/mol. The second-order valence-electron chi connectivity index (χ2n) is 9.77. The van der Waals surface area contributed by atoms with Crippen LogP contribution in [0.3, 0.4) is 0 Å². The zero-order chi connectivity index (χ0) is 26.2. The van der Waals surface area contributed by atoms with Crippen molar-refractivity contribution in [3.63, 3.8) is 0 Å². The number of hydrogen-bond donors (Lipinski definition) is 0. The largest absolute Gasteiger partial charge is 0.269 e. The highest BCUT2D eigenvalue weighted by Gasteiger charge is 2.27. The minimum absolute atomic E-state index is 0.179. The van der Waals surface area contributed by atoms with Crippen LogP contribution in [0.15, 0.2) is 94.9 Å². The molecule has 8 heteroatoms. The Balaban J connectivity index is 1.75. The van der Waals surface area contributed by atoms with E-state index in [-0.39, 0.29) is 9.79 Å². The van der Waals surface area contributed by atoms with Crippen molar-refractivity contribution in [3.05, 3.63) is 96.3 Å². The van der Waals surface area contributed by atoms with Gasteiger partial charge in [0.25, 0.3) is 10.0 Å². The Morgan fingerprint density at radius 1 is 0.892 bits per heavy atom. The molecule has 1 fully saturated rings. The van der Waals surface area contributed by atoms with Gasteiger partial charge in [0.15, 0.2) is 15.5 Å². The highest BCUT2D eigenvalue weighted by molar-refractivity contribution is 7.92. The number of benzene rings is 2. The molecule has 0 bridgehead atoms. The van der Waals surface area contributed by atoms with Gasteiger partial charge in [-0.15, -0.1) is 0 Å². The van der Waals surface area contributed by atoms with E-state index in [0.29, 0.717) is 22.6 Å². The zero-order valence-corrected chi connectivity index (χ0v) is 22.5. The Hall–Kier alpha value is -3.23. The second-order valence-corrected chi connectivity index (χ2v) is 14.1. The molecule has 5 rings (SSSR count). The highest BCUT2D eigenvalue weighted by Crippen LogP contribution is 2.36. The third-order valence-corrected chi connectivity index (χ3v) is 10.9. The molecule has 0 saturated heterocycles. The number of hydrogen-bond acceptors (Lipinski definition) is 5. The minimum Gasteiger partial charge on any atom is -0.237 e. The van der Waals surface area contributed by atoms with Crippen molar-refractivity contribution in [2.45, 2.75) is 54.6 Å². The maximum Gasteiger partial charge on any atom is 0.269 e. The molecule has 0 N–H and O–H groups in total. The van der Waals surface area contributed by atoms with E-state index in [0.717, 1.165) is 36.8 Å². The lowest BCUT2D eigenvalue weighted by Crippen LogP contribution is -2.16. The van der Waals surface area contributed by atoms with Crippen LogP contribution in [-0.4, -0.2) is 31.0 Å². The predicted octanol–water partition coefficient (Wildman–Crippen LogP) is 6.08. The van der Waals surface area contributed by atoms with E-state index < -0.39 is 25.1 Å². The van der Waals surface area contributed by atoms with Crippen LogP contribution >= 0.6 is 0 Å². The van der Waals surface area contributed by atoms with Gasteiger partial charge in [-0.1, -0.05) is 49.2 Å². The normalized spacial score (nSPS) is 15.6. The molecule has 1 aliphatic carbocycles.